The van der Waals surface area contributed by atoms with E-state index in [4.69, 9.17) is 0 Å². The van der Waals surface area contributed by atoms with Gasteiger partial charge in [0.25, 0.3) is 5.91 Å². The van der Waals surface area contributed by atoms with E-state index in [0.29, 0.717) is 24.1 Å². The van der Waals surface area contributed by atoms with Crippen molar-refractivity contribution < 1.29 is 4.79 Å². The van der Waals surface area contributed by atoms with Crippen LogP contribution in [0.25, 0.3) is 0 Å². The standard InChI is InChI=1S/C15H26N4O/c1-11(2)14(19-7-5-6-8-19)10-16-15(20)13-9-17-18(4)12(13)3/h9,11,14H,5-8,10H2,1-4H3,(H,16,20). The largest absolute Gasteiger partial charge is 0.350 e. The summed E-state index contributed by atoms with van der Waals surface area (Å²) < 4.78 is 1.73. The summed E-state index contributed by atoms with van der Waals surface area (Å²) in [6.45, 7) is 9.40. The molecule has 1 atom stereocenters. The lowest BCUT2D eigenvalue weighted by Gasteiger charge is -2.30. The first-order valence-electron chi connectivity index (χ1n) is 7.51. The zero-order valence-electron chi connectivity index (χ0n) is 13.0. The highest BCUT2D eigenvalue weighted by molar-refractivity contribution is 5.95. The molecule has 5 nitrogen and oxygen atoms in total. The third-order valence-corrected chi connectivity index (χ3v) is 4.33. The maximum Gasteiger partial charge on any atom is 0.254 e. The Hall–Kier alpha value is -1.36. The molecule has 2 rings (SSSR count). The van der Waals surface area contributed by atoms with Crippen LogP contribution in [0.2, 0.25) is 0 Å². The van der Waals surface area contributed by atoms with Gasteiger partial charge in [-0.15, -0.1) is 0 Å². The molecule has 1 N–H and O–H groups in total. The van der Waals surface area contributed by atoms with Crippen molar-refractivity contribution in [2.24, 2.45) is 13.0 Å². The maximum atomic E-state index is 12.2. The molecule has 5 heteroatoms. The number of nitrogens with one attached hydrogen (secondary N) is 1. The summed E-state index contributed by atoms with van der Waals surface area (Å²) in [7, 11) is 1.85. The molecule has 0 radical (unpaired) electrons. The number of hydrogen-bond donors (Lipinski definition) is 1. The van der Waals surface area contributed by atoms with Gasteiger partial charge in [-0.1, -0.05) is 13.8 Å². The van der Waals surface area contributed by atoms with E-state index < -0.39 is 0 Å². The number of likely N-dealkylation sites (tertiary alicyclic amines) is 1. The molecule has 1 aliphatic rings. The first-order valence-corrected chi connectivity index (χ1v) is 7.51. The van der Waals surface area contributed by atoms with Crippen LogP contribution in [0.5, 0.6) is 0 Å². The van der Waals surface area contributed by atoms with Crippen molar-refractivity contribution in [3.05, 3.63) is 17.5 Å². The van der Waals surface area contributed by atoms with Gasteiger partial charge >= 0.3 is 0 Å². The molecule has 2 heterocycles. The highest BCUT2D eigenvalue weighted by Crippen LogP contribution is 2.17. The van der Waals surface area contributed by atoms with Crippen molar-refractivity contribution in [2.75, 3.05) is 19.6 Å². The third-order valence-electron chi connectivity index (χ3n) is 4.33. The molecule has 0 bridgehead atoms. The van der Waals surface area contributed by atoms with Crippen LogP contribution in [0.4, 0.5) is 0 Å². The minimum atomic E-state index is -0.0135. The molecule has 1 amide bonds. The number of carbonyl (C=O) groups is 1. The molecule has 20 heavy (non-hydrogen) atoms. The first-order chi connectivity index (χ1) is 9.50. The second-order valence-corrected chi connectivity index (χ2v) is 6.03. The van der Waals surface area contributed by atoms with Crippen molar-refractivity contribution in [1.29, 1.82) is 0 Å². The number of aryl methyl sites for hydroxylation is 1. The topological polar surface area (TPSA) is 50.2 Å². The number of carbonyl (C=O) groups excluding carboxylic acids is 1. The number of rotatable bonds is 5. The molecule has 1 aliphatic heterocycles. The van der Waals surface area contributed by atoms with Gasteiger partial charge in [-0.25, -0.2) is 0 Å². The Labute approximate surface area is 121 Å². The van der Waals surface area contributed by atoms with Crippen LogP contribution in [0, 0.1) is 12.8 Å². The van der Waals surface area contributed by atoms with E-state index in [1.165, 1.54) is 12.8 Å². The van der Waals surface area contributed by atoms with Gasteiger partial charge in [0.15, 0.2) is 0 Å². The van der Waals surface area contributed by atoms with E-state index in [9.17, 15) is 4.79 Å². The summed E-state index contributed by atoms with van der Waals surface area (Å²) >= 11 is 0. The van der Waals surface area contributed by atoms with Crippen LogP contribution in [-0.2, 0) is 7.05 Å². The zero-order valence-corrected chi connectivity index (χ0v) is 13.0. The molecular formula is C15H26N4O. The lowest BCUT2D eigenvalue weighted by atomic mass is 10.0. The normalized spacial score (nSPS) is 17.6. The summed E-state index contributed by atoms with van der Waals surface area (Å²) in [6, 6.07) is 0.429. The minimum absolute atomic E-state index is 0.0135. The Morgan fingerprint density at radius 1 is 1.40 bits per heavy atom. The molecule has 0 spiro atoms. The van der Waals surface area contributed by atoms with Gasteiger partial charge in [-0.05, 0) is 38.8 Å². The number of amides is 1. The molecule has 1 unspecified atom stereocenters. The first kappa shape index (κ1) is 15.0. The monoisotopic (exact) mass is 278 g/mol. The number of aromatic nitrogens is 2. The van der Waals surface area contributed by atoms with Crippen molar-refractivity contribution in [3.8, 4) is 0 Å². The Morgan fingerprint density at radius 2 is 2.05 bits per heavy atom. The van der Waals surface area contributed by atoms with E-state index >= 15 is 0 Å². The highest BCUT2D eigenvalue weighted by atomic mass is 16.1. The van der Waals surface area contributed by atoms with Crippen LogP contribution < -0.4 is 5.32 Å². The van der Waals surface area contributed by atoms with Crippen LogP contribution in [0.3, 0.4) is 0 Å². The predicted octanol–water partition coefficient (Wildman–Crippen LogP) is 1.58. The Kier molecular flexibility index (Phi) is 4.81. The fourth-order valence-corrected chi connectivity index (χ4v) is 2.87. The maximum absolute atomic E-state index is 12.2. The van der Waals surface area contributed by atoms with Gasteiger partial charge in [-0.3, -0.25) is 14.4 Å². The summed E-state index contributed by atoms with van der Waals surface area (Å²) in [6.07, 6.45) is 4.20. The van der Waals surface area contributed by atoms with Crippen LogP contribution >= 0.6 is 0 Å². The molecule has 0 aromatic carbocycles. The van der Waals surface area contributed by atoms with Crippen LogP contribution in [0.15, 0.2) is 6.20 Å². The summed E-state index contributed by atoms with van der Waals surface area (Å²) in [5, 5.41) is 7.20. The Balaban J connectivity index is 1.95. The zero-order chi connectivity index (χ0) is 14.7. The molecule has 1 fully saturated rings. The second kappa shape index (κ2) is 6.39. The number of nitrogens with zero attached hydrogens (tertiary/aromatic N) is 3. The van der Waals surface area contributed by atoms with Gasteiger partial charge in [0.1, 0.15) is 0 Å². The molecule has 0 saturated carbocycles. The quantitative estimate of drug-likeness (QED) is 0.889. The van der Waals surface area contributed by atoms with Crippen molar-refractivity contribution in [3.63, 3.8) is 0 Å². The summed E-state index contributed by atoms with van der Waals surface area (Å²) in [5.74, 6) is 0.531. The molecule has 1 aromatic heterocycles. The molecular weight excluding hydrogens is 252 g/mol. The fraction of sp³-hybridized carbons (Fsp3) is 0.733. The van der Waals surface area contributed by atoms with Gasteiger partial charge in [0, 0.05) is 25.3 Å². The van der Waals surface area contributed by atoms with Crippen molar-refractivity contribution in [2.45, 2.75) is 39.7 Å². The lowest BCUT2D eigenvalue weighted by Crippen LogP contribution is -2.45. The number of hydrogen-bond acceptors (Lipinski definition) is 3. The van der Waals surface area contributed by atoms with Crippen LogP contribution in [-0.4, -0.2) is 46.3 Å². The lowest BCUT2D eigenvalue weighted by molar-refractivity contribution is 0.0926. The smallest absolute Gasteiger partial charge is 0.254 e. The Morgan fingerprint density at radius 3 is 2.55 bits per heavy atom. The van der Waals surface area contributed by atoms with E-state index in [-0.39, 0.29) is 5.91 Å². The minimum Gasteiger partial charge on any atom is -0.350 e. The van der Waals surface area contributed by atoms with Gasteiger partial charge < -0.3 is 5.32 Å². The van der Waals surface area contributed by atoms with E-state index in [0.717, 1.165) is 18.8 Å². The molecule has 0 aliphatic carbocycles. The second-order valence-electron chi connectivity index (χ2n) is 6.03. The SMILES string of the molecule is Cc1c(C(=O)NCC(C(C)C)N2CCCC2)cnn1C. The van der Waals surface area contributed by atoms with E-state index in [1.807, 2.05) is 14.0 Å². The van der Waals surface area contributed by atoms with Gasteiger partial charge in [0.2, 0.25) is 0 Å². The third kappa shape index (κ3) is 3.20. The van der Waals surface area contributed by atoms with E-state index in [2.05, 4.69) is 29.2 Å². The van der Waals surface area contributed by atoms with Gasteiger partial charge in [0.05, 0.1) is 11.8 Å². The average molecular weight is 278 g/mol. The average Bonchev–Trinajstić information content (AvgIpc) is 3.01. The molecule has 1 saturated heterocycles. The Bertz CT molecular complexity index is 460. The fourth-order valence-electron chi connectivity index (χ4n) is 2.87. The molecule has 112 valence electrons. The molecule has 1 aromatic rings. The summed E-state index contributed by atoms with van der Waals surface area (Å²) in [4.78, 5) is 14.7. The predicted molar refractivity (Wildman–Crippen MR) is 79.7 cm³/mol. The highest BCUT2D eigenvalue weighted by Gasteiger charge is 2.25. The van der Waals surface area contributed by atoms with Crippen molar-refractivity contribution >= 4 is 5.91 Å². The summed E-state index contributed by atoms with van der Waals surface area (Å²) in [5.41, 5.74) is 1.58. The van der Waals surface area contributed by atoms with Gasteiger partial charge in [-0.2, -0.15) is 5.10 Å². The van der Waals surface area contributed by atoms with Crippen LogP contribution in [0.1, 0.15) is 42.7 Å². The van der Waals surface area contributed by atoms with E-state index in [1.54, 1.807) is 10.9 Å². The van der Waals surface area contributed by atoms with Crippen molar-refractivity contribution in [1.82, 2.24) is 20.0 Å².